The van der Waals surface area contributed by atoms with Gasteiger partial charge >= 0.3 is 0 Å². The molecule has 6 heteroatoms. The molecule has 0 aliphatic carbocycles. The largest absolute Gasteiger partial charge is 0.329 e. The van der Waals surface area contributed by atoms with Crippen molar-refractivity contribution in [2.45, 2.75) is 25.3 Å². The molecule has 1 atom stereocenters. The van der Waals surface area contributed by atoms with Crippen LogP contribution in [-0.4, -0.2) is 42.4 Å². The molecule has 2 aliphatic rings. The molecule has 1 amide bonds. The van der Waals surface area contributed by atoms with Crippen molar-refractivity contribution in [1.29, 1.82) is 0 Å². The summed E-state index contributed by atoms with van der Waals surface area (Å²) in [5.41, 5.74) is 1.44. The molecule has 0 bridgehead atoms. The van der Waals surface area contributed by atoms with Gasteiger partial charge in [-0.1, -0.05) is 11.6 Å². The van der Waals surface area contributed by atoms with Crippen molar-refractivity contribution in [1.82, 2.24) is 9.80 Å². The number of rotatable bonds is 2. The molecule has 0 saturated carbocycles. The molecule has 1 unspecified atom stereocenters. The van der Waals surface area contributed by atoms with Crippen molar-refractivity contribution in [3.05, 3.63) is 43.2 Å². The van der Waals surface area contributed by atoms with Crippen LogP contribution in [0.25, 0.3) is 0 Å². The lowest BCUT2D eigenvalue weighted by molar-refractivity contribution is 0.0515. The minimum Gasteiger partial charge on any atom is -0.329 e. The van der Waals surface area contributed by atoms with E-state index in [4.69, 9.17) is 11.6 Å². The zero-order chi connectivity index (χ0) is 16.7. The standard InChI is InChI=1S/C18H21ClN2OS2/c1-20-8-4-12(5-9-20)16-17-13(7-11-23-17)6-10-21(16)18(22)14-2-3-15(19)24-14/h2-3,7,11-12,16H,4-6,8-10H2,1H3. The van der Waals surface area contributed by atoms with Gasteiger partial charge in [0.15, 0.2) is 0 Å². The van der Waals surface area contributed by atoms with Gasteiger partial charge in [-0.2, -0.15) is 0 Å². The van der Waals surface area contributed by atoms with Gasteiger partial charge in [-0.3, -0.25) is 4.79 Å². The Morgan fingerprint density at radius 2 is 2.00 bits per heavy atom. The van der Waals surface area contributed by atoms with Gasteiger partial charge in [-0.15, -0.1) is 22.7 Å². The molecule has 4 heterocycles. The molecule has 24 heavy (non-hydrogen) atoms. The second-order valence-electron chi connectivity index (χ2n) is 6.75. The predicted octanol–water partition coefficient (Wildman–Crippen LogP) is 4.54. The van der Waals surface area contributed by atoms with Gasteiger partial charge in [-0.25, -0.2) is 0 Å². The van der Waals surface area contributed by atoms with Crippen LogP contribution < -0.4 is 0 Å². The third-order valence-corrected chi connectivity index (χ3v) is 7.51. The highest BCUT2D eigenvalue weighted by Crippen LogP contribution is 2.43. The maximum Gasteiger partial charge on any atom is 0.264 e. The van der Waals surface area contributed by atoms with E-state index in [2.05, 4.69) is 28.3 Å². The molecule has 2 aliphatic heterocycles. The zero-order valence-electron chi connectivity index (χ0n) is 13.7. The Balaban J connectivity index is 1.66. The summed E-state index contributed by atoms with van der Waals surface area (Å²) in [6, 6.07) is 6.16. The van der Waals surface area contributed by atoms with Gasteiger partial charge in [-0.05, 0) is 74.5 Å². The molecule has 0 aromatic carbocycles. The molecule has 1 saturated heterocycles. The van der Waals surface area contributed by atoms with E-state index in [1.54, 1.807) is 0 Å². The summed E-state index contributed by atoms with van der Waals surface area (Å²) in [6.07, 6.45) is 3.29. The fourth-order valence-electron chi connectivity index (χ4n) is 3.95. The van der Waals surface area contributed by atoms with Gasteiger partial charge in [0.2, 0.25) is 0 Å². The third-order valence-electron chi connectivity index (χ3n) is 5.26. The monoisotopic (exact) mass is 380 g/mol. The summed E-state index contributed by atoms with van der Waals surface area (Å²) in [5, 5.41) is 2.18. The molecule has 2 aromatic rings. The van der Waals surface area contributed by atoms with Gasteiger partial charge in [0.25, 0.3) is 5.91 Å². The van der Waals surface area contributed by atoms with Crippen LogP contribution in [0.1, 0.15) is 39.0 Å². The number of hydrogen-bond donors (Lipinski definition) is 0. The van der Waals surface area contributed by atoms with E-state index in [-0.39, 0.29) is 11.9 Å². The van der Waals surface area contributed by atoms with Crippen LogP contribution in [-0.2, 0) is 6.42 Å². The summed E-state index contributed by atoms with van der Waals surface area (Å²) in [6.45, 7) is 3.05. The Morgan fingerprint density at radius 1 is 1.21 bits per heavy atom. The molecular weight excluding hydrogens is 360 g/mol. The van der Waals surface area contributed by atoms with Crippen LogP contribution in [0.3, 0.4) is 0 Å². The lowest BCUT2D eigenvalue weighted by Gasteiger charge is -2.43. The van der Waals surface area contributed by atoms with Gasteiger partial charge in [0.1, 0.15) is 0 Å². The Kier molecular flexibility index (Phi) is 4.69. The fraction of sp³-hybridized carbons (Fsp3) is 0.500. The van der Waals surface area contributed by atoms with E-state index < -0.39 is 0 Å². The van der Waals surface area contributed by atoms with Crippen molar-refractivity contribution in [3.8, 4) is 0 Å². The Hall–Kier alpha value is -0.880. The number of fused-ring (bicyclic) bond motifs is 1. The van der Waals surface area contributed by atoms with Crippen molar-refractivity contribution in [3.63, 3.8) is 0 Å². The molecule has 4 rings (SSSR count). The van der Waals surface area contributed by atoms with Crippen molar-refractivity contribution in [2.75, 3.05) is 26.7 Å². The van der Waals surface area contributed by atoms with E-state index in [1.807, 2.05) is 23.5 Å². The molecule has 0 radical (unpaired) electrons. The zero-order valence-corrected chi connectivity index (χ0v) is 16.1. The van der Waals surface area contributed by atoms with E-state index in [0.29, 0.717) is 10.3 Å². The number of carbonyl (C=O) groups is 1. The van der Waals surface area contributed by atoms with Gasteiger partial charge < -0.3 is 9.80 Å². The number of nitrogens with zero attached hydrogens (tertiary/aromatic N) is 2. The van der Waals surface area contributed by atoms with Crippen molar-refractivity contribution >= 4 is 40.2 Å². The average Bonchev–Trinajstić information content (AvgIpc) is 3.23. The van der Waals surface area contributed by atoms with Crippen molar-refractivity contribution in [2.24, 2.45) is 5.92 Å². The Bertz CT molecular complexity index is 733. The molecular formula is C18H21ClN2OS2. The lowest BCUT2D eigenvalue weighted by Crippen LogP contribution is -2.45. The van der Waals surface area contributed by atoms with Gasteiger partial charge in [0, 0.05) is 11.4 Å². The summed E-state index contributed by atoms with van der Waals surface area (Å²) < 4.78 is 0.683. The summed E-state index contributed by atoms with van der Waals surface area (Å²) >= 11 is 9.26. The number of thiophene rings is 2. The third kappa shape index (κ3) is 3.03. The number of amides is 1. The first-order chi connectivity index (χ1) is 11.6. The lowest BCUT2D eigenvalue weighted by atomic mass is 9.84. The average molecular weight is 381 g/mol. The van der Waals surface area contributed by atoms with Crippen molar-refractivity contribution < 1.29 is 4.79 Å². The van der Waals surface area contributed by atoms with Crippen LogP contribution in [0, 0.1) is 5.92 Å². The normalized spacial score (nSPS) is 22.6. The molecule has 3 nitrogen and oxygen atoms in total. The van der Waals surface area contributed by atoms with Crippen LogP contribution in [0.2, 0.25) is 4.34 Å². The number of likely N-dealkylation sites (tertiary alicyclic amines) is 1. The highest BCUT2D eigenvalue weighted by Gasteiger charge is 2.38. The summed E-state index contributed by atoms with van der Waals surface area (Å²) in [7, 11) is 2.18. The fourth-order valence-corrected chi connectivity index (χ4v) is 6.11. The van der Waals surface area contributed by atoms with E-state index in [0.717, 1.165) is 43.8 Å². The Labute approximate surface area is 155 Å². The van der Waals surface area contributed by atoms with E-state index >= 15 is 0 Å². The first-order valence-corrected chi connectivity index (χ1v) is 10.5. The maximum atomic E-state index is 13.1. The molecule has 128 valence electrons. The Morgan fingerprint density at radius 3 is 2.71 bits per heavy atom. The first kappa shape index (κ1) is 16.6. The number of hydrogen-bond acceptors (Lipinski definition) is 4. The predicted molar refractivity (Wildman–Crippen MR) is 101 cm³/mol. The SMILES string of the molecule is CN1CCC(C2c3sccc3CCN2C(=O)c2ccc(Cl)s2)CC1. The highest BCUT2D eigenvalue weighted by atomic mass is 35.5. The summed E-state index contributed by atoms with van der Waals surface area (Å²) in [5.74, 6) is 0.702. The van der Waals surface area contributed by atoms with Crippen LogP contribution in [0.15, 0.2) is 23.6 Å². The minimum atomic E-state index is 0.148. The second kappa shape index (κ2) is 6.79. The molecule has 0 N–H and O–H groups in total. The summed E-state index contributed by atoms with van der Waals surface area (Å²) in [4.78, 5) is 19.8. The number of carbonyl (C=O) groups excluding carboxylic acids is 1. The quantitative estimate of drug-likeness (QED) is 0.763. The molecule has 2 aromatic heterocycles. The highest BCUT2D eigenvalue weighted by molar-refractivity contribution is 7.18. The topological polar surface area (TPSA) is 23.6 Å². The first-order valence-electron chi connectivity index (χ1n) is 8.44. The van der Waals surface area contributed by atoms with Crippen LogP contribution in [0.5, 0.6) is 0 Å². The van der Waals surface area contributed by atoms with Crippen LogP contribution in [0.4, 0.5) is 0 Å². The second-order valence-corrected chi connectivity index (χ2v) is 9.41. The minimum absolute atomic E-state index is 0.148. The molecule has 1 fully saturated rings. The van der Waals surface area contributed by atoms with Crippen LogP contribution >= 0.6 is 34.3 Å². The van der Waals surface area contributed by atoms with Gasteiger partial charge in [0.05, 0.1) is 15.3 Å². The smallest absolute Gasteiger partial charge is 0.264 e. The molecule has 0 spiro atoms. The number of halogens is 1. The van der Waals surface area contributed by atoms with E-state index in [1.165, 1.54) is 21.8 Å². The maximum absolute atomic E-state index is 13.1. The number of piperidine rings is 1. The van der Waals surface area contributed by atoms with E-state index in [9.17, 15) is 4.79 Å².